The van der Waals surface area contributed by atoms with E-state index in [4.69, 9.17) is 0 Å². The van der Waals surface area contributed by atoms with E-state index in [2.05, 4.69) is 102 Å². The number of nitrogens with zero attached hydrogens (tertiary/aromatic N) is 2. The molecule has 4 nitrogen and oxygen atoms in total. The summed E-state index contributed by atoms with van der Waals surface area (Å²) in [5, 5.41) is 18.4. The lowest BCUT2D eigenvalue weighted by molar-refractivity contribution is -0.688. The molecule has 4 rings (SSSR count). The van der Waals surface area contributed by atoms with Gasteiger partial charge in [0, 0.05) is 35.4 Å². The predicted molar refractivity (Wildman–Crippen MR) is 128 cm³/mol. The van der Waals surface area contributed by atoms with Gasteiger partial charge in [-0.05, 0) is 23.5 Å². The summed E-state index contributed by atoms with van der Waals surface area (Å²) < 4.78 is 4.28. The molecule has 0 aliphatic heterocycles. The van der Waals surface area contributed by atoms with Crippen molar-refractivity contribution in [3.05, 3.63) is 125 Å². The van der Waals surface area contributed by atoms with Gasteiger partial charge < -0.3 is 10.0 Å². The molecular weight excluding hydrogens is 395 g/mol. The Morgan fingerprint density at radius 3 is 1.44 bits per heavy atom. The molecule has 0 saturated carbocycles. The minimum absolute atomic E-state index is 0.501. The number of hydrogen-bond donors (Lipinski definition) is 2. The molecule has 0 fully saturated rings. The molecule has 2 aromatic carbocycles. The van der Waals surface area contributed by atoms with Crippen molar-refractivity contribution in [1.29, 1.82) is 0 Å². The van der Waals surface area contributed by atoms with Gasteiger partial charge in [0.05, 0.1) is 0 Å². The van der Waals surface area contributed by atoms with Crippen LogP contribution in [0.25, 0.3) is 12.2 Å². The Kier molecular flexibility index (Phi) is 6.90. The lowest BCUT2D eigenvalue weighted by Crippen LogP contribution is -2.34. The molecule has 158 valence electrons. The molecule has 0 aliphatic rings. The van der Waals surface area contributed by atoms with Gasteiger partial charge in [-0.2, -0.15) is 0 Å². The van der Waals surface area contributed by atoms with Gasteiger partial charge in [0.2, 0.25) is 0 Å². The summed E-state index contributed by atoms with van der Waals surface area (Å²) in [6.45, 7) is 3.70. The average molecular weight is 422 g/mol. The Morgan fingerprint density at radius 1 is 0.625 bits per heavy atom. The molecule has 32 heavy (non-hydrogen) atoms. The normalized spacial score (nSPS) is 11.1. The van der Waals surface area contributed by atoms with E-state index < -0.39 is 7.12 Å². The van der Waals surface area contributed by atoms with E-state index in [1.54, 1.807) is 12.1 Å². The molecule has 0 spiro atoms. The van der Waals surface area contributed by atoms with E-state index in [0.29, 0.717) is 5.46 Å². The van der Waals surface area contributed by atoms with Gasteiger partial charge in [-0.25, -0.2) is 9.13 Å². The first-order valence-electron chi connectivity index (χ1n) is 10.7. The lowest BCUT2D eigenvalue weighted by atomic mass is 9.80. The molecule has 2 aromatic heterocycles. The minimum Gasteiger partial charge on any atom is -0.423 e. The molecule has 0 amide bonds. The van der Waals surface area contributed by atoms with Crippen LogP contribution in [0.15, 0.2) is 97.6 Å². The zero-order valence-corrected chi connectivity index (χ0v) is 18.2. The number of aromatic nitrogens is 2. The van der Waals surface area contributed by atoms with E-state index >= 15 is 0 Å². The maximum atomic E-state index is 9.19. The van der Waals surface area contributed by atoms with E-state index in [9.17, 15) is 10.0 Å². The van der Waals surface area contributed by atoms with Crippen molar-refractivity contribution in [2.75, 3.05) is 0 Å². The fourth-order valence-corrected chi connectivity index (χ4v) is 3.47. The fourth-order valence-electron chi connectivity index (χ4n) is 3.47. The molecule has 0 bridgehead atoms. The second-order valence-corrected chi connectivity index (χ2v) is 8.04. The zero-order chi connectivity index (χ0) is 22.3. The number of pyridine rings is 2. The van der Waals surface area contributed by atoms with E-state index in [1.807, 2.05) is 12.1 Å². The molecule has 0 atom stereocenters. The zero-order valence-electron chi connectivity index (χ0n) is 18.2. The molecule has 2 heterocycles. The number of benzene rings is 2. The van der Waals surface area contributed by atoms with Crippen LogP contribution in [-0.2, 0) is 13.1 Å². The molecule has 0 unspecified atom stereocenters. The third-order valence-corrected chi connectivity index (χ3v) is 5.43. The maximum Gasteiger partial charge on any atom is 0.488 e. The number of hydrogen-bond acceptors (Lipinski definition) is 2. The largest absolute Gasteiger partial charge is 0.488 e. The van der Waals surface area contributed by atoms with Crippen LogP contribution in [0.2, 0.25) is 0 Å². The second kappa shape index (κ2) is 10.2. The predicted octanol–water partition coefficient (Wildman–Crippen LogP) is 2.52. The first-order chi connectivity index (χ1) is 15.5. The average Bonchev–Trinajstić information content (AvgIpc) is 2.81. The van der Waals surface area contributed by atoms with E-state index in [-0.39, 0.29) is 0 Å². The smallest absolute Gasteiger partial charge is 0.423 e. The molecule has 2 N–H and O–H groups in total. The Balaban J connectivity index is 1.34. The van der Waals surface area contributed by atoms with Crippen LogP contribution in [0.3, 0.4) is 0 Å². The summed E-state index contributed by atoms with van der Waals surface area (Å²) in [5.41, 5.74) is 6.47. The van der Waals surface area contributed by atoms with Gasteiger partial charge in [-0.15, -0.1) is 0 Å². The molecule has 4 aromatic rings. The molecule has 0 radical (unpaired) electrons. The summed E-state index contributed by atoms with van der Waals surface area (Å²) >= 11 is 0. The first-order valence-corrected chi connectivity index (χ1v) is 10.7. The van der Waals surface area contributed by atoms with Gasteiger partial charge in [-0.1, -0.05) is 66.2 Å². The highest BCUT2D eigenvalue weighted by Crippen LogP contribution is 2.07. The Morgan fingerprint density at radius 2 is 1.03 bits per heavy atom. The third kappa shape index (κ3) is 6.00. The molecule has 0 aliphatic carbocycles. The summed E-state index contributed by atoms with van der Waals surface area (Å²) in [5.74, 6) is 0. The van der Waals surface area contributed by atoms with Crippen LogP contribution in [0.1, 0.15) is 27.8 Å². The van der Waals surface area contributed by atoms with Crippen molar-refractivity contribution in [3.63, 3.8) is 0 Å². The van der Waals surface area contributed by atoms with Crippen LogP contribution in [-0.4, -0.2) is 17.2 Å². The summed E-state index contributed by atoms with van der Waals surface area (Å²) in [7, 11) is -1.43. The van der Waals surface area contributed by atoms with Crippen LogP contribution in [0.5, 0.6) is 0 Å². The molecular formula is C27H27BN2O2+2. The summed E-state index contributed by atoms with van der Waals surface area (Å²) in [6, 6.07) is 24.4. The molecule has 0 saturated heterocycles. The minimum atomic E-state index is -1.43. The summed E-state index contributed by atoms with van der Waals surface area (Å²) in [4.78, 5) is 0. The van der Waals surface area contributed by atoms with Gasteiger partial charge >= 0.3 is 7.12 Å². The number of aryl methyl sites for hydroxylation is 1. The standard InChI is InChI=1S/C27H27BN2O2/c1-22-2-4-25(5-3-22)20-29-16-12-23(13-17-29)6-7-24-14-18-30(19-15-24)21-26-8-10-27(11-9-26)28(31)32/h2-19,31-32H,20-21H2,1H3/q+2/b7-6+. The van der Waals surface area contributed by atoms with Gasteiger partial charge in [0.1, 0.15) is 0 Å². The first kappa shape index (κ1) is 21.7. The van der Waals surface area contributed by atoms with Crippen molar-refractivity contribution in [3.8, 4) is 0 Å². The van der Waals surface area contributed by atoms with Gasteiger partial charge in [-0.3, -0.25) is 0 Å². The molecule has 5 heteroatoms. The SMILES string of the molecule is Cc1ccc(C[n+]2ccc(/C=C/c3cc[n+](Cc4ccc(B(O)O)cc4)cc3)cc2)cc1. The van der Waals surface area contributed by atoms with Gasteiger partial charge in [0.15, 0.2) is 37.9 Å². The van der Waals surface area contributed by atoms with Crippen LogP contribution < -0.4 is 14.6 Å². The maximum absolute atomic E-state index is 9.19. The van der Waals surface area contributed by atoms with Crippen LogP contribution >= 0.6 is 0 Å². The van der Waals surface area contributed by atoms with Gasteiger partial charge in [0.25, 0.3) is 0 Å². The Hall–Kier alpha value is -3.54. The van der Waals surface area contributed by atoms with Crippen molar-refractivity contribution < 1.29 is 19.2 Å². The monoisotopic (exact) mass is 422 g/mol. The highest BCUT2D eigenvalue weighted by atomic mass is 16.4. The quantitative estimate of drug-likeness (QED) is 0.355. The number of rotatable bonds is 7. The Labute approximate surface area is 189 Å². The third-order valence-electron chi connectivity index (χ3n) is 5.43. The van der Waals surface area contributed by atoms with Crippen molar-refractivity contribution in [2.24, 2.45) is 0 Å². The second-order valence-electron chi connectivity index (χ2n) is 8.04. The van der Waals surface area contributed by atoms with Crippen molar-refractivity contribution in [2.45, 2.75) is 20.0 Å². The van der Waals surface area contributed by atoms with E-state index in [1.165, 1.54) is 11.1 Å². The fraction of sp³-hybridized carbons (Fsp3) is 0.111. The van der Waals surface area contributed by atoms with E-state index in [0.717, 1.165) is 29.8 Å². The van der Waals surface area contributed by atoms with Crippen molar-refractivity contribution in [1.82, 2.24) is 0 Å². The summed E-state index contributed by atoms with van der Waals surface area (Å²) in [6.07, 6.45) is 12.6. The van der Waals surface area contributed by atoms with Crippen LogP contribution in [0, 0.1) is 6.92 Å². The topological polar surface area (TPSA) is 48.2 Å². The highest BCUT2D eigenvalue weighted by molar-refractivity contribution is 6.58. The van der Waals surface area contributed by atoms with Crippen molar-refractivity contribution >= 4 is 24.7 Å². The highest BCUT2D eigenvalue weighted by Gasteiger charge is 2.10. The van der Waals surface area contributed by atoms with Crippen LogP contribution in [0.4, 0.5) is 0 Å². The lowest BCUT2D eigenvalue weighted by Gasteiger charge is -2.02. The Bertz CT molecular complexity index is 1170.